The number of ketones is 1. The summed E-state index contributed by atoms with van der Waals surface area (Å²) in [6, 6.07) is 0. The van der Waals surface area contributed by atoms with E-state index in [1.165, 1.54) is 0 Å². The van der Waals surface area contributed by atoms with E-state index in [1.807, 2.05) is 0 Å². The van der Waals surface area contributed by atoms with Crippen LogP contribution in [0, 0.1) is 0 Å². The lowest BCUT2D eigenvalue weighted by Gasteiger charge is -2.08. The van der Waals surface area contributed by atoms with Gasteiger partial charge < -0.3 is 20.4 Å². The molecule has 11 heavy (non-hydrogen) atoms. The molecule has 0 aliphatic rings. The Balaban J connectivity index is 3.68. The summed E-state index contributed by atoms with van der Waals surface area (Å²) in [7, 11) is 0. The van der Waals surface area contributed by atoms with Crippen molar-refractivity contribution >= 4 is 5.78 Å². The average molecular weight is 164 g/mol. The average Bonchev–Trinajstić information content (AvgIpc) is 2.02. The molecule has 0 saturated carbocycles. The number of hydrogen-bond donors (Lipinski definition) is 4. The van der Waals surface area contributed by atoms with E-state index >= 15 is 0 Å². The lowest BCUT2D eigenvalue weighted by molar-refractivity contribution is -0.131. The van der Waals surface area contributed by atoms with Crippen LogP contribution in [0.15, 0.2) is 0 Å². The van der Waals surface area contributed by atoms with Gasteiger partial charge in [0.05, 0.1) is 19.3 Å². The normalized spacial score (nSPS) is 16.0. The first-order valence-corrected chi connectivity index (χ1v) is 3.22. The Bertz CT molecular complexity index is 124. The largest absolute Gasteiger partial charge is 0.394 e. The van der Waals surface area contributed by atoms with Crippen LogP contribution in [0.25, 0.3) is 0 Å². The number of carbonyl (C=O) groups excluding carboxylic acids is 1. The molecule has 0 radical (unpaired) electrons. The lowest BCUT2D eigenvalue weighted by atomic mass is 10.1. The third kappa shape index (κ3) is 4.05. The Labute approximate surface area is 63.9 Å². The molecule has 5 nitrogen and oxygen atoms in total. The number of Topliss-reactive ketones (excluding diaryl/α,β-unsaturated/α-hetero) is 1. The fraction of sp³-hybridized carbons (Fsp3) is 0.833. The highest BCUT2D eigenvalue weighted by Gasteiger charge is 2.16. The van der Waals surface area contributed by atoms with E-state index in [9.17, 15) is 4.79 Å². The molecule has 0 rings (SSSR count). The molecule has 4 N–H and O–H groups in total. The number of aliphatic hydroxyl groups is 4. The minimum Gasteiger partial charge on any atom is -0.394 e. The van der Waals surface area contributed by atoms with Gasteiger partial charge in [-0.15, -0.1) is 0 Å². The first-order valence-electron chi connectivity index (χ1n) is 3.22. The van der Waals surface area contributed by atoms with Crippen LogP contribution in [0.2, 0.25) is 0 Å². The van der Waals surface area contributed by atoms with E-state index in [4.69, 9.17) is 20.4 Å². The van der Waals surface area contributed by atoms with Crippen molar-refractivity contribution in [2.24, 2.45) is 0 Å². The maximum absolute atomic E-state index is 10.7. The van der Waals surface area contributed by atoms with Crippen molar-refractivity contribution in [2.75, 3.05) is 13.2 Å². The van der Waals surface area contributed by atoms with Gasteiger partial charge in [0.25, 0.3) is 0 Å². The molecule has 0 aromatic carbocycles. The molecule has 2 atom stereocenters. The minimum absolute atomic E-state index is 0.335. The number of hydrogen-bond acceptors (Lipinski definition) is 5. The predicted octanol–water partition coefficient (Wildman–Crippen LogP) is -2.35. The van der Waals surface area contributed by atoms with Crippen LogP contribution in [-0.2, 0) is 4.79 Å². The van der Waals surface area contributed by atoms with Crippen molar-refractivity contribution < 1.29 is 25.2 Å². The number of rotatable bonds is 5. The summed E-state index contributed by atoms with van der Waals surface area (Å²) in [6.07, 6.45) is -2.93. The maximum Gasteiger partial charge on any atom is 0.166 e. The van der Waals surface area contributed by atoms with Crippen molar-refractivity contribution in [2.45, 2.75) is 18.6 Å². The first-order chi connectivity index (χ1) is 5.11. The van der Waals surface area contributed by atoms with E-state index in [-0.39, 0.29) is 6.42 Å². The number of carbonyl (C=O) groups is 1. The molecule has 0 aliphatic carbocycles. The second-order valence-electron chi connectivity index (χ2n) is 2.21. The van der Waals surface area contributed by atoms with Gasteiger partial charge in [-0.25, -0.2) is 0 Å². The van der Waals surface area contributed by atoms with Crippen LogP contribution < -0.4 is 0 Å². The van der Waals surface area contributed by atoms with Crippen LogP contribution >= 0.6 is 0 Å². The summed E-state index contributed by atoms with van der Waals surface area (Å²) in [6.45, 7) is -1.18. The van der Waals surface area contributed by atoms with Crippen LogP contribution in [0.3, 0.4) is 0 Å². The standard InChI is InChI=1S/C6H12O5/c7-2-4(9)1-5(10)6(11)3-8/h4,6-9,11H,1-3H2/t4-,6+/m0/s1. The predicted molar refractivity (Wildman–Crippen MR) is 35.8 cm³/mol. The zero-order chi connectivity index (χ0) is 8.85. The Kier molecular flexibility index (Phi) is 4.97. The molecule has 0 aromatic rings. The van der Waals surface area contributed by atoms with Gasteiger partial charge >= 0.3 is 0 Å². The fourth-order valence-corrected chi connectivity index (χ4v) is 0.535. The monoisotopic (exact) mass is 164 g/mol. The van der Waals surface area contributed by atoms with E-state index in [0.29, 0.717) is 0 Å². The van der Waals surface area contributed by atoms with Crippen LogP contribution in [0.1, 0.15) is 6.42 Å². The molecule has 0 aromatic heterocycles. The summed E-state index contributed by atoms with van der Waals surface area (Å²) >= 11 is 0. The molecular formula is C6H12O5. The van der Waals surface area contributed by atoms with Crippen molar-refractivity contribution in [3.63, 3.8) is 0 Å². The molecule has 5 heteroatoms. The van der Waals surface area contributed by atoms with Crippen molar-refractivity contribution in [1.29, 1.82) is 0 Å². The molecule has 0 heterocycles. The van der Waals surface area contributed by atoms with Crippen molar-refractivity contribution in [3.8, 4) is 0 Å². The molecule has 0 unspecified atom stereocenters. The van der Waals surface area contributed by atoms with Crippen LogP contribution in [0.5, 0.6) is 0 Å². The van der Waals surface area contributed by atoms with Gasteiger partial charge in [-0.05, 0) is 0 Å². The van der Waals surface area contributed by atoms with Gasteiger partial charge in [-0.1, -0.05) is 0 Å². The summed E-state index contributed by atoms with van der Waals surface area (Å²) in [5, 5.41) is 34.0. The second kappa shape index (κ2) is 5.20. The van der Waals surface area contributed by atoms with Crippen LogP contribution in [0.4, 0.5) is 0 Å². The van der Waals surface area contributed by atoms with Gasteiger partial charge in [-0.3, -0.25) is 4.79 Å². The highest BCUT2D eigenvalue weighted by atomic mass is 16.3. The zero-order valence-corrected chi connectivity index (χ0v) is 5.97. The van der Waals surface area contributed by atoms with Gasteiger partial charge in [-0.2, -0.15) is 0 Å². The van der Waals surface area contributed by atoms with Crippen molar-refractivity contribution in [3.05, 3.63) is 0 Å². The Morgan fingerprint density at radius 3 is 2.09 bits per heavy atom. The molecule has 0 spiro atoms. The fourth-order valence-electron chi connectivity index (χ4n) is 0.535. The molecule has 0 amide bonds. The molecule has 0 fully saturated rings. The maximum atomic E-state index is 10.7. The Morgan fingerprint density at radius 2 is 1.73 bits per heavy atom. The molecule has 0 aliphatic heterocycles. The van der Waals surface area contributed by atoms with Gasteiger partial charge in [0.15, 0.2) is 5.78 Å². The Morgan fingerprint density at radius 1 is 1.18 bits per heavy atom. The first kappa shape index (κ1) is 10.5. The zero-order valence-electron chi connectivity index (χ0n) is 5.97. The lowest BCUT2D eigenvalue weighted by Crippen LogP contribution is -2.29. The van der Waals surface area contributed by atoms with Gasteiger partial charge in [0.2, 0.25) is 0 Å². The quantitative estimate of drug-likeness (QED) is 0.365. The summed E-state index contributed by atoms with van der Waals surface area (Å²) in [5.41, 5.74) is 0. The smallest absolute Gasteiger partial charge is 0.166 e. The van der Waals surface area contributed by atoms with Crippen LogP contribution in [-0.4, -0.2) is 51.6 Å². The van der Waals surface area contributed by atoms with Gasteiger partial charge in [0.1, 0.15) is 6.10 Å². The van der Waals surface area contributed by atoms with Gasteiger partial charge in [0, 0.05) is 6.42 Å². The Hall–Kier alpha value is -0.490. The molecule has 0 saturated heterocycles. The molecule has 0 bridgehead atoms. The number of aliphatic hydroxyl groups excluding tert-OH is 4. The van der Waals surface area contributed by atoms with Crippen molar-refractivity contribution in [1.82, 2.24) is 0 Å². The minimum atomic E-state index is -1.45. The second-order valence-corrected chi connectivity index (χ2v) is 2.21. The summed E-state index contributed by atoms with van der Waals surface area (Å²) in [5.74, 6) is -0.672. The highest BCUT2D eigenvalue weighted by Crippen LogP contribution is 1.95. The molecule has 66 valence electrons. The molecular weight excluding hydrogens is 152 g/mol. The van der Waals surface area contributed by atoms with E-state index < -0.39 is 31.2 Å². The highest BCUT2D eigenvalue weighted by molar-refractivity contribution is 5.83. The topological polar surface area (TPSA) is 98.0 Å². The van der Waals surface area contributed by atoms with E-state index in [1.54, 1.807) is 0 Å². The summed E-state index contributed by atoms with van der Waals surface area (Å²) < 4.78 is 0. The van der Waals surface area contributed by atoms with E-state index in [2.05, 4.69) is 0 Å². The van der Waals surface area contributed by atoms with E-state index in [0.717, 1.165) is 0 Å². The summed E-state index contributed by atoms with van der Waals surface area (Å²) in [4.78, 5) is 10.7. The SMILES string of the molecule is O=C(C[C@H](O)CO)[C@H](O)CO. The third-order valence-corrected chi connectivity index (χ3v) is 1.19. The third-order valence-electron chi connectivity index (χ3n) is 1.19.